The van der Waals surface area contributed by atoms with Crippen LogP contribution in [0, 0.1) is 0 Å². The highest BCUT2D eigenvalue weighted by Crippen LogP contribution is 2.34. The number of phenols is 1. The molecule has 13 nitrogen and oxygen atoms in total. The van der Waals surface area contributed by atoms with Crippen LogP contribution in [0.1, 0.15) is 30.4 Å². The number of rotatable bonds is 16. The Kier molecular flexibility index (Phi) is 15.0. The SMILES string of the molecule is COc1cccc(CCNC(=O)N[C@H](Cc2cc(Br)c(O)c(Br)c2)C(=O)N[C@@H](CCCCN)C(=O)N2CCN(c3ccncc3)CC2)c1OC. The van der Waals surface area contributed by atoms with E-state index in [9.17, 15) is 19.5 Å². The van der Waals surface area contributed by atoms with Gasteiger partial charge in [0.25, 0.3) is 0 Å². The fourth-order valence-electron chi connectivity index (χ4n) is 5.83. The number of hydrogen-bond acceptors (Lipinski definition) is 9. The van der Waals surface area contributed by atoms with E-state index in [1.165, 1.54) is 0 Å². The number of amides is 4. The van der Waals surface area contributed by atoms with E-state index >= 15 is 0 Å². The molecule has 0 saturated carbocycles. The Balaban J connectivity index is 1.46. The molecule has 1 saturated heterocycles. The van der Waals surface area contributed by atoms with Gasteiger partial charge in [0.1, 0.15) is 17.8 Å². The van der Waals surface area contributed by atoms with Crippen molar-refractivity contribution in [2.45, 2.75) is 44.2 Å². The zero-order valence-electron chi connectivity index (χ0n) is 28.3. The summed E-state index contributed by atoms with van der Waals surface area (Å²) in [6, 6.07) is 10.4. The lowest BCUT2D eigenvalue weighted by Gasteiger charge is -2.37. The number of urea groups is 1. The number of anilines is 1. The maximum absolute atomic E-state index is 14.0. The lowest BCUT2D eigenvalue weighted by Crippen LogP contribution is -2.58. The summed E-state index contributed by atoms with van der Waals surface area (Å²) in [6.07, 6.45) is 5.79. The third-order valence-corrected chi connectivity index (χ3v) is 9.69. The topological polar surface area (TPSA) is 171 Å². The first-order valence-electron chi connectivity index (χ1n) is 16.5. The van der Waals surface area contributed by atoms with Crippen LogP contribution in [0.25, 0.3) is 0 Å². The van der Waals surface area contributed by atoms with Crippen LogP contribution in [0.5, 0.6) is 17.2 Å². The van der Waals surface area contributed by atoms with Crippen molar-refractivity contribution in [2.75, 3.05) is 58.4 Å². The van der Waals surface area contributed by atoms with Gasteiger partial charge in [-0.2, -0.15) is 0 Å². The van der Waals surface area contributed by atoms with Gasteiger partial charge in [0.2, 0.25) is 11.8 Å². The molecule has 2 heterocycles. The van der Waals surface area contributed by atoms with Gasteiger partial charge in [0.15, 0.2) is 11.5 Å². The molecule has 0 spiro atoms. The Morgan fingerprint density at radius 3 is 2.30 bits per heavy atom. The number of carbonyl (C=O) groups is 3. The van der Waals surface area contributed by atoms with Crippen molar-refractivity contribution in [1.29, 1.82) is 0 Å². The number of benzene rings is 2. The van der Waals surface area contributed by atoms with Crippen molar-refractivity contribution >= 4 is 55.4 Å². The highest BCUT2D eigenvalue weighted by atomic mass is 79.9. The van der Waals surface area contributed by atoms with Crippen LogP contribution in [0.4, 0.5) is 10.5 Å². The minimum absolute atomic E-state index is 0.0167. The molecule has 0 radical (unpaired) electrons. The normalized spacial score (nSPS) is 14.0. The third kappa shape index (κ3) is 10.7. The number of nitrogens with two attached hydrogens (primary N) is 1. The largest absolute Gasteiger partial charge is 0.506 e. The molecule has 1 aliphatic rings. The van der Waals surface area contributed by atoms with Gasteiger partial charge in [-0.1, -0.05) is 12.1 Å². The summed E-state index contributed by atoms with van der Waals surface area (Å²) in [6.45, 7) is 3.03. The predicted octanol–water partition coefficient (Wildman–Crippen LogP) is 3.75. The molecule has 3 aromatic rings. The lowest BCUT2D eigenvalue weighted by molar-refractivity contribution is -0.137. The molecule has 0 aliphatic carbocycles. The molecule has 1 fully saturated rings. The minimum Gasteiger partial charge on any atom is -0.506 e. The molecule has 0 bridgehead atoms. The summed E-state index contributed by atoms with van der Waals surface area (Å²) in [4.78, 5) is 49.1. The van der Waals surface area contributed by atoms with Gasteiger partial charge >= 0.3 is 6.03 Å². The van der Waals surface area contributed by atoms with Gasteiger partial charge < -0.3 is 46.1 Å². The summed E-state index contributed by atoms with van der Waals surface area (Å²) in [7, 11) is 3.12. The molecule has 0 unspecified atom stereocenters. The minimum atomic E-state index is -1.04. The summed E-state index contributed by atoms with van der Waals surface area (Å²) < 4.78 is 11.7. The van der Waals surface area contributed by atoms with E-state index < -0.39 is 24.0 Å². The van der Waals surface area contributed by atoms with E-state index in [4.69, 9.17) is 15.2 Å². The van der Waals surface area contributed by atoms with Crippen LogP contribution < -0.4 is 36.1 Å². The van der Waals surface area contributed by atoms with Crippen molar-refractivity contribution in [3.05, 3.63) is 74.9 Å². The molecule has 4 rings (SSSR count). The van der Waals surface area contributed by atoms with E-state index in [0.29, 0.717) is 84.4 Å². The zero-order valence-corrected chi connectivity index (χ0v) is 31.5. The summed E-state index contributed by atoms with van der Waals surface area (Å²) in [5, 5.41) is 18.8. The van der Waals surface area contributed by atoms with Gasteiger partial charge in [-0.25, -0.2) is 4.79 Å². The maximum Gasteiger partial charge on any atom is 0.315 e. The fraction of sp³-hybridized carbons (Fsp3) is 0.429. The first-order chi connectivity index (χ1) is 24.1. The molecule has 270 valence electrons. The second kappa shape index (κ2) is 19.3. The first kappa shape index (κ1) is 38.7. The molecule has 4 amide bonds. The number of nitrogens with zero attached hydrogens (tertiary/aromatic N) is 3. The Bertz CT molecular complexity index is 1570. The van der Waals surface area contributed by atoms with Crippen LogP contribution >= 0.6 is 31.9 Å². The Morgan fingerprint density at radius 1 is 0.960 bits per heavy atom. The smallest absolute Gasteiger partial charge is 0.315 e. The number of phenolic OH excluding ortho intramolecular Hbond substituents is 1. The average molecular weight is 820 g/mol. The van der Waals surface area contributed by atoms with Crippen LogP contribution in [-0.4, -0.2) is 98.4 Å². The number of aromatic nitrogens is 1. The van der Waals surface area contributed by atoms with E-state index in [-0.39, 0.29) is 24.6 Å². The molecule has 2 aromatic carbocycles. The molecular weight excluding hydrogens is 774 g/mol. The molecule has 6 N–H and O–H groups in total. The van der Waals surface area contributed by atoms with Gasteiger partial charge in [-0.15, -0.1) is 0 Å². The van der Waals surface area contributed by atoms with Gasteiger partial charge in [0, 0.05) is 57.2 Å². The highest BCUT2D eigenvalue weighted by Gasteiger charge is 2.31. The molecule has 50 heavy (non-hydrogen) atoms. The summed E-state index contributed by atoms with van der Waals surface area (Å²) in [5.74, 6) is 0.514. The van der Waals surface area contributed by atoms with Crippen LogP contribution in [0.3, 0.4) is 0 Å². The van der Waals surface area contributed by atoms with E-state index in [0.717, 1.165) is 11.3 Å². The van der Waals surface area contributed by atoms with Gasteiger partial charge in [0.05, 0.1) is 23.2 Å². The number of aromatic hydroxyl groups is 1. The van der Waals surface area contributed by atoms with Crippen molar-refractivity contribution in [2.24, 2.45) is 5.73 Å². The molecule has 1 aliphatic heterocycles. The number of methoxy groups -OCH3 is 2. The zero-order chi connectivity index (χ0) is 36.0. The number of hydrogen-bond donors (Lipinski definition) is 5. The third-order valence-electron chi connectivity index (χ3n) is 8.48. The number of piperazine rings is 1. The Morgan fingerprint density at radius 2 is 1.66 bits per heavy atom. The number of ether oxygens (including phenoxy) is 2. The molecule has 1 aromatic heterocycles. The predicted molar refractivity (Wildman–Crippen MR) is 199 cm³/mol. The van der Waals surface area contributed by atoms with E-state index in [1.54, 1.807) is 49.7 Å². The van der Waals surface area contributed by atoms with Crippen molar-refractivity contribution < 1.29 is 29.0 Å². The van der Waals surface area contributed by atoms with Crippen molar-refractivity contribution in [1.82, 2.24) is 25.8 Å². The van der Waals surface area contributed by atoms with E-state index in [1.807, 2.05) is 24.3 Å². The molecular formula is C35H45Br2N7O6. The van der Waals surface area contributed by atoms with Gasteiger partial charge in [-0.05, 0) is 106 Å². The van der Waals surface area contributed by atoms with E-state index in [2.05, 4.69) is 57.7 Å². The Labute approximate surface area is 309 Å². The van der Waals surface area contributed by atoms with Crippen LogP contribution in [-0.2, 0) is 22.4 Å². The quantitative estimate of drug-likeness (QED) is 0.135. The number of carbonyl (C=O) groups excluding carboxylic acids is 3. The maximum atomic E-state index is 14.0. The fourth-order valence-corrected chi connectivity index (χ4v) is 7.12. The standard InChI is InChI=1S/C35H45Br2N7O6/c1-49-30-8-5-6-24(32(30)50-2)9-15-40-35(48)42-29(22-23-20-26(36)31(45)27(37)21-23)33(46)41-28(7-3-4-12-38)34(47)44-18-16-43(17-19-44)25-10-13-39-14-11-25/h5-6,8,10-11,13-14,20-21,28-29,45H,3-4,7,9,12,15-19,22,38H2,1-2H3,(H,41,46)(H2,40,42,48)/t28-,29+/m0/s1. The summed E-state index contributed by atoms with van der Waals surface area (Å²) >= 11 is 6.69. The molecule has 15 heteroatoms. The highest BCUT2D eigenvalue weighted by molar-refractivity contribution is 9.11. The lowest BCUT2D eigenvalue weighted by atomic mass is 10.0. The number of unbranched alkanes of at least 4 members (excludes halogenated alkanes) is 1. The average Bonchev–Trinajstić information content (AvgIpc) is 3.13. The monoisotopic (exact) mass is 817 g/mol. The van der Waals surface area contributed by atoms with Crippen LogP contribution in [0.15, 0.2) is 63.8 Å². The second-order valence-electron chi connectivity index (χ2n) is 11.8. The molecule has 2 atom stereocenters. The van der Waals surface area contributed by atoms with Crippen molar-refractivity contribution in [3.8, 4) is 17.2 Å². The summed E-state index contributed by atoms with van der Waals surface area (Å²) in [5.41, 5.74) is 8.31. The Hall–Kier alpha value is -4.08. The van der Waals surface area contributed by atoms with Gasteiger partial charge in [-0.3, -0.25) is 14.6 Å². The number of pyridine rings is 1. The van der Waals surface area contributed by atoms with Crippen LogP contribution in [0.2, 0.25) is 0 Å². The number of nitrogens with one attached hydrogen (secondary N) is 3. The number of halogens is 2. The number of para-hydroxylation sites is 1. The first-order valence-corrected chi connectivity index (χ1v) is 18.1. The second-order valence-corrected chi connectivity index (χ2v) is 13.5. The van der Waals surface area contributed by atoms with Crippen molar-refractivity contribution in [3.63, 3.8) is 0 Å².